The molecule has 0 spiro atoms. The van der Waals surface area contributed by atoms with E-state index in [0.29, 0.717) is 45.2 Å². The van der Waals surface area contributed by atoms with Crippen LogP contribution in [-0.2, 0) is 19.1 Å². The Hall–Kier alpha value is -1.70. The average Bonchev–Trinajstić information content (AvgIpc) is 2.51. The number of ketones is 2. The van der Waals surface area contributed by atoms with E-state index < -0.39 is 11.6 Å². The Bertz CT molecular complexity index is 475. The Kier molecular flexibility index (Phi) is 5.11. The lowest BCUT2D eigenvalue weighted by atomic mass is 10.0. The van der Waals surface area contributed by atoms with Crippen molar-refractivity contribution in [3.05, 3.63) is 23.5 Å². The van der Waals surface area contributed by atoms with Crippen molar-refractivity contribution in [3.63, 3.8) is 0 Å². The highest BCUT2D eigenvalue weighted by molar-refractivity contribution is 6.48. The highest BCUT2D eigenvalue weighted by atomic mass is 16.5. The van der Waals surface area contributed by atoms with Crippen molar-refractivity contribution < 1.29 is 19.1 Å². The van der Waals surface area contributed by atoms with Crippen molar-refractivity contribution >= 4 is 11.6 Å². The molecule has 0 amide bonds. The fourth-order valence-electron chi connectivity index (χ4n) is 2.69. The van der Waals surface area contributed by atoms with Gasteiger partial charge in [0.05, 0.1) is 32.1 Å². The van der Waals surface area contributed by atoms with Crippen LogP contribution in [0.15, 0.2) is 23.5 Å². The van der Waals surface area contributed by atoms with E-state index in [9.17, 15) is 9.59 Å². The van der Waals surface area contributed by atoms with Crippen molar-refractivity contribution in [3.8, 4) is 0 Å². The minimum atomic E-state index is -0.441. The molecule has 2 saturated heterocycles. The van der Waals surface area contributed by atoms with Crippen LogP contribution < -0.4 is 6.15 Å². The molecule has 0 unspecified atom stereocenters. The lowest BCUT2D eigenvalue weighted by Gasteiger charge is -2.37. The third kappa shape index (κ3) is 3.15. The molecular formula is C14H18N3O4. The minimum Gasteiger partial charge on any atom is -0.378 e. The van der Waals surface area contributed by atoms with Crippen molar-refractivity contribution in [2.45, 2.75) is 0 Å². The number of hydrogen-bond acceptors (Lipinski definition) is 6. The van der Waals surface area contributed by atoms with Crippen LogP contribution in [0.3, 0.4) is 0 Å². The predicted octanol–water partition coefficient (Wildman–Crippen LogP) is -0.910. The molecule has 3 radical (unpaired) electrons. The maximum atomic E-state index is 12.3. The molecule has 2 fully saturated rings. The van der Waals surface area contributed by atoms with Gasteiger partial charge in [0, 0.05) is 32.3 Å². The number of carbonyl (C=O) groups is 2. The number of carbonyl (C=O) groups excluding carboxylic acids is 2. The molecule has 113 valence electrons. The molecule has 7 heteroatoms. The summed E-state index contributed by atoms with van der Waals surface area (Å²) in [5, 5.41) is 0. The SMILES string of the molecule is O=C1C=CC(N2CCOCC2)=C(N2CCOCC2)C1=O.[N]. The summed E-state index contributed by atoms with van der Waals surface area (Å²) in [6.45, 7) is 5.26. The normalized spacial score (nSPS) is 23.4. The summed E-state index contributed by atoms with van der Waals surface area (Å²) in [5.41, 5.74) is 1.38. The van der Waals surface area contributed by atoms with E-state index in [1.165, 1.54) is 6.08 Å². The summed E-state index contributed by atoms with van der Waals surface area (Å²) in [6.07, 6.45) is 3.14. The van der Waals surface area contributed by atoms with Gasteiger partial charge in [0.15, 0.2) is 0 Å². The fourth-order valence-corrected chi connectivity index (χ4v) is 2.69. The van der Waals surface area contributed by atoms with Crippen LogP contribution in [0.4, 0.5) is 0 Å². The van der Waals surface area contributed by atoms with Crippen LogP contribution in [0.25, 0.3) is 0 Å². The number of allylic oxidation sites excluding steroid dienone is 3. The summed E-state index contributed by atoms with van der Waals surface area (Å²) in [5.74, 6) is -0.848. The number of rotatable bonds is 2. The van der Waals surface area contributed by atoms with Crippen LogP contribution in [0, 0.1) is 0 Å². The molecule has 0 bridgehead atoms. The molecule has 3 rings (SSSR count). The molecule has 0 aromatic heterocycles. The molecule has 0 aromatic rings. The summed E-state index contributed by atoms with van der Waals surface area (Å²) in [6, 6.07) is 0. The highest BCUT2D eigenvalue weighted by Gasteiger charge is 2.32. The Balaban J connectivity index is 0.00000161. The Morgan fingerprint density at radius 3 is 1.90 bits per heavy atom. The monoisotopic (exact) mass is 292 g/mol. The fraction of sp³-hybridized carbons (Fsp3) is 0.571. The molecule has 0 aromatic carbocycles. The molecule has 0 saturated carbocycles. The maximum Gasteiger partial charge on any atom is 0.251 e. The van der Waals surface area contributed by atoms with Crippen LogP contribution in [0.1, 0.15) is 0 Å². The topological polar surface area (TPSA) is 89.6 Å². The lowest BCUT2D eigenvalue weighted by Crippen LogP contribution is -2.44. The van der Waals surface area contributed by atoms with Gasteiger partial charge in [0.1, 0.15) is 5.70 Å². The maximum absolute atomic E-state index is 12.3. The predicted molar refractivity (Wildman–Crippen MR) is 73.1 cm³/mol. The second-order valence-electron chi connectivity index (χ2n) is 4.96. The van der Waals surface area contributed by atoms with Crippen molar-refractivity contribution in [1.82, 2.24) is 16.0 Å². The minimum absolute atomic E-state index is 0. The molecule has 3 aliphatic rings. The van der Waals surface area contributed by atoms with Gasteiger partial charge >= 0.3 is 0 Å². The summed E-state index contributed by atoms with van der Waals surface area (Å²) in [4.78, 5) is 28.1. The Labute approximate surface area is 123 Å². The van der Waals surface area contributed by atoms with Crippen LogP contribution >= 0.6 is 0 Å². The molecule has 21 heavy (non-hydrogen) atoms. The van der Waals surface area contributed by atoms with Gasteiger partial charge in [-0.3, -0.25) is 9.59 Å². The first kappa shape index (κ1) is 15.7. The first-order valence-electron chi connectivity index (χ1n) is 6.94. The van der Waals surface area contributed by atoms with Gasteiger partial charge < -0.3 is 19.3 Å². The zero-order chi connectivity index (χ0) is 13.9. The quantitative estimate of drug-likeness (QED) is 0.483. The van der Waals surface area contributed by atoms with Gasteiger partial charge in [-0.05, 0) is 12.2 Å². The molecular weight excluding hydrogens is 274 g/mol. The van der Waals surface area contributed by atoms with E-state index in [-0.39, 0.29) is 6.15 Å². The van der Waals surface area contributed by atoms with E-state index in [2.05, 4.69) is 4.90 Å². The van der Waals surface area contributed by atoms with Crippen LogP contribution in [0.5, 0.6) is 0 Å². The molecule has 0 atom stereocenters. The standard InChI is InChI=1S/C14H18N2O4.N/c17-12-2-1-11(15-3-7-19-8-4-15)13(14(12)18)16-5-9-20-10-6-16;/h1-2H,3-10H2;. The van der Waals surface area contributed by atoms with Gasteiger partial charge in [0.2, 0.25) is 5.78 Å². The summed E-state index contributed by atoms with van der Waals surface area (Å²) >= 11 is 0. The summed E-state index contributed by atoms with van der Waals surface area (Å²) in [7, 11) is 0. The van der Waals surface area contributed by atoms with Gasteiger partial charge in [0.25, 0.3) is 5.78 Å². The second kappa shape index (κ2) is 6.84. The zero-order valence-electron chi connectivity index (χ0n) is 11.8. The van der Waals surface area contributed by atoms with Gasteiger partial charge in [-0.15, -0.1) is 0 Å². The van der Waals surface area contributed by atoms with Crippen molar-refractivity contribution in [2.24, 2.45) is 0 Å². The number of nitrogens with zero attached hydrogens (tertiary/aromatic N) is 3. The van der Waals surface area contributed by atoms with Crippen molar-refractivity contribution in [1.29, 1.82) is 0 Å². The lowest BCUT2D eigenvalue weighted by molar-refractivity contribution is -0.133. The molecule has 0 N–H and O–H groups in total. The Morgan fingerprint density at radius 1 is 0.810 bits per heavy atom. The molecule has 1 aliphatic carbocycles. The van der Waals surface area contributed by atoms with Gasteiger partial charge in [-0.25, -0.2) is 0 Å². The second-order valence-corrected chi connectivity index (χ2v) is 4.96. The third-order valence-electron chi connectivity index (χ3n) is 3.75. The molecule has 2 aliphatic heterocycles. The number of ether oxygens (including phenoxy) is 2. The van der Waals surface area contributed by atoms with E-state index in [4.69, 9.17) is 9.47 Å². The molecule has 2 heterocycles. The smallest absolute Gasteiger partial charge is 0.251 e. The molecule has 7 nitrogen and oxygen atoms in total. The number of hydrogen-bond donors (Lipinski definition) is 0. The van der Waals surface area contributed by atoms with E-state index in [1.54, 1.807) is 6.08 Å². The summed E-state index contributed by atoms with van der Waals surface area (Å²) < 4.78 is 10.7. The highest BCUT2D eigenvalue weighted by Crippen LogP contribution is 2.23. The van der Waals surface area contributed by atoms with Crippen molar-refractivity contribution in [2.75, 3.05) is 52.6 Å². The van der Waals surface area contributed by atoms with Crippen LogP contribution in [0.2, 0.25) is 0 Å². The van der Waals surface area contributed by atoms with Gasteiger partial charge in [-0.1, -0.05) is 0 Å². The first-order valence-corrected chi connectivity index (χ1v) is 6.94. The van der Waals surface area contributed by atoms with E-state index in [0.717, 1.165) is 18.8 Å². The van der Waals surface area contributed by atoms with Gasteiger partial charge in [-0.2, -0.15) is 0 Å². The number of morpholine rings is 2. The van der Waals surface area contributed by atoms with Crippen LogP contribution in [-0.4, -0.2) is 74.0 Å². The average molecular weight is 292 g/mol. The Morgan fingerprint density at radius 2 is 1.33 bits per heavy atom. The largest absolute Gasteiger partial charge is 0.378 e. The third-order valence-corrected chi connectivity index (χ3v) is 3.75. The van der Waals surface area contributed by atoms with E-state index >= 15 is 0 Å². The number of Topliss-reactive ketones (excluding diaryl/α,β-unsaturated/α-hetero) is 1. The van der Waals surface area contributed by atoms with E-state index in [1.807, 2.05) is 4.90 Å². The first-order chi connectivity index (χ1) is 9.77. The zero-order valence-corrected chi connectivity index (χ0v) is 11.8.